The highest BCUT2D eigenvalue weighted by Gasteiger charge is 2.31. The summed E-state index contributed by atoms with van der Waals surface area (Å²) in [6.07, 6.45) is 2.15. The number of likely N-dealkylation sites (N-methyl/N-ethyl adjacent to an activating group) is 1. The largest absolute Gasteiger partial charge is 0.353 e. The number of hydrogen-bond donors (Lipinski definition) is 1. The van der Waals surface area contributed by atoms with Crippen molar-refractivity contribution in [3.8, 4) is 0 Å². The van der Waals surface area contributed by atoms with E-state index in [4.69, 9.17) is 0 Å². The maximum Gasteiger partial charge on any atom is 0.234 e. The molecule has 0 heterocycles. The molecule has 1 unspecified atom stereocenters. The molecule has 144 valence electrons. The molecule has 0 aromatic heterocycles. The normalized spacial score (nSPS) is 15.1. The summed E-state index contributed by atoms with van der Waals surface area (Å²) in [7, 11) is 4.02. The van der Waals surface area contributed by atoms with Crippen molar-refractivity contribution in [2.24, 2.45) is 0 Å². The molecule has 5 heteroatoms. The van der Waals surface area contributed by atoms with Crippen molar-refractivity contribution in [2.75, 3.05) is 27.2 Å². The van der Waals surface area contributed by atoms with Gasteiger partial charge in [0, 0.05) is 24.7 Å². The highest BCUT2D eigenvalue weighted by molar-refractivity contribution is 5.78. The lowest BCUT2D eigenvalue weighted by Crippen LogP contribution is -2.41. The third kappa shape index (κ3) is 5.62. The van der Waals surface area contributed by atoms with Crippen LogP contribution < -0.4 is 5.32 Å². The van der Waals surface area contributed by atoms with Crippen LogP contribution in [0, 0.1) is 5.82 Å². The first-order chi connectivity index (χ1) is 13.0. The molecular weight excluding hydrogens is 341 g/mol. The van der Waals surface area contributed by atoms with Gasteiger partial charge in [0.1, 0.15) is 5.82 Å². The molecule has 1 aliphatic rings. The first kappa shape index (κ1) is 19.5. The lowest BCUT2D eigenvalue weighted by Gasteiger charge is -2.26. The Bertz CT molecular complexity index is 746. The van der Waals surface area contributed by atoms with Gasteiger partial charge in [0.25, 0.3) is 0 Å². The number of benzene rings is 2. The van der Waals surface area contributed by atoms with E-state index >= 15 is 0 Å². The summed E-state index contributed by atoms with van der Waals surface area (Å²) in [6.45, 7) is 1.32. The molecule has 2 aromatic carbocycles. The summed E-state index contributed by atoms with van der Waals surface area (Å²) >= 11 is 0. The van der Waals surface area contributed by atoms with Crippen LogP contribution in [0.5, 0.6) is 0 Å². The summed E-state index contributed by atoms with van der Waals surface area (Å²) in [5.74, 6) is -0.221. The van der Waals surface area contributed by atoms with Crippen LogP contribution in [0.4, 0.5) is 4.39 Å². The third-order valence-corrected chi connectivity index (χ3v) is 5.04. The Morgan fingerprint density at radius 2 is 1.78 bits per heavy atom. The van der Waals surface area contributed by atoms with Crippen molar-refractivity contribution in [3.63, 3.8) is 0 Å². The quantitative estimate of drug-likeness (QED) is 0.737. The molecule has 0 radical (unpaired) electrons. The van der Waals surface area contributed by atoms with Gasteiger partial charge in [0.05, 0.1) is 12.6 Å². The van der Waals surface area contributed by atoms with Gasteiger partial charge in [-0.1, -0.05) is 48.5 Å². The summed E-state index contributed by atoms with van der Waals surface area (Å²) in [5, 5.41) is 3.06. The lowest BCUT2D eigenvalue weighted by atomic mass is 10.1. The fourth-order valence-electron chi connectivity index (χ4n) is 3.32. The van der Waals surface area contributed by atoms with Gasteiger partial charge in [0.15, 0.2) is 0 Å². The van der Waals surface area contributed by atoms with E-state index in [0.29, 0.717) is 31.2 Å². The van der Waals surface area contributed by atoms with Gasteiger partial charge in [0.2, 0.25) is 5.91 Å². The summed E-state index contributed by atoms with van der Waals surface area (Å²) < 4.78 is 14.0. The third-order valence-electron chi connectivity index (χ3n) is 5.04. The maximum atomic E-state index is 14.0. The SMILES string of the molecule is CN(C)C(CNC(=O)CN(Cc1ccccc1F)C1CC1)c1ccccc1. The van der Waals surface area contributed by atoms with Crippen molar-refractivity contribution in [3.05, 3.63) is 71.5 Å². The Hall–Kier alpha value is -2.24. The smallest absolute Gasteiger partial charge is 0.234 e. The summed E-state index contributed by atoms with van der Waals surface area (Å²) in [6, 6.07) is 17.5. The van der Waals surface area contributed by atoms with Gasteiger partial charge in [-0.3, -0.25) is 9.69 Å². The number of halogens is 1. The van der Waals surface area contributed by atoms with Crippen molar-refractivity contribution in [1.82, 2.24) is 15.1 Å². The minimum atomic E-state index is -0.208. The van der Waals surface area contributed by atoms with Crippen molar-refractivity contribution in [1.29, 1.82) is 0 Å². The Balaban J connectivity index is 1.57. The Morgan fingerprint density at radius 1 is 1.11 bits per heavy atom. The number of nitrogens with zero attached hydrogens (tertiary/aromatic N) is 2. The zero-order valence-corrected chi connectivity index (χ0v) is 16.1. The molecule has 3 rings (SSSR count). The average Bonchev–Trinajstić information content (AvgIpc) is 3.49. The molecule has 0 bridgehead atoms. The van der Waals surface area contributed by atoms with Crippen LogP contribution >= 0.6 is 0 Å². The predicted molar refractivity (Wildman–Crippen MR) is 106 cm³/mol. The second kappa shape index (κ2) is 9.11. The van der Waals surface area contributed by atoms with Gasteiger partial charge < -0.3 is 10.2 Å². The molecule has 1 saturated carbocycles. The molecule has 1 amide bonds. The van der Waals surface area contributed by atoms with E-state index < -0.39 is 0 Å². The Morgan fingerprint density at radius 3 is 2.41 bits per heavy atom. The van der Waals surface area contributed by atoms with Crippen LogP contribution in [0.3, 0.4) is 0 Å². The van der Waals surface area contributed by atoms with Gasteiger partial charge in [-0.2, -0.15) is 0 Å². The number of amides is 1. The van der Waals surface area contributed by atoms with E-state index in [-0.39, 0.29) is 17.8 Å². The zero-order chi connectivity index (χ0) is 19.2. The Kier molecular flexibility index (Phi) is 6.58. The van der Waals surface area contributed by atoms with Gasteiger partial charge in [-0.05, 0) is 38.6 Å². The number of carbonyl (C=O) groups is 1. The number of nitrogens with one attached hydrogen (secondary N) is 1. The van der Waals surface area contributed by atoms with Crippen LogP contribution in [0.2, 0.25) is 0 Å². The molecule has 1 aliphatic carbocycles. The minimum absolute atomic E-state index is 0.0129. The van der Waals surface area contributed by atoms with E-state index in [1.54, 1.807) is 12.1 Å². The zero-order valence-electron chi connectivity index (χ0n) is 16.1. The van der Waals surface area contributed by atoms with Crippen molar-refractivity contribution in [2.45, 2.75) is 31.5 Å². The average molecular weight is 369 g/mol. The Labute approximate surface area is 161 Å². The van der Waals surface area contributed by atoms with Crippen LogP contribution in [-0.4, -0.2) is 48.9 Å². The van der Waals surface area contributed by atoms with Crippen molar-refractivity contribution >= 4 is 5.91 Å². The van der Waals surface area contributed by atoms with Gasteiger partial charge >= 0.3 is 0 Å². The van der Waals surface area contributed by atoms with E-state index in [0.717, 1.165) is 12.8 Å². The van der Waals surface area contributed by atoms with E-state index in [1.165, 1.54) is 11.6 Å². The van der Waals surface area contributed by atoms with E-state index in [9.17, 15) is 9.18 Å². The van der Waals surface area contributed by atoms with Crippen LogP contribution in [0.1, 0.15) is 30.0 Å². The molecule has 1 N–H and O–H groups in total. The first-order valence-electron chi connectivity index (χ1n) is 9.50. The molecule has 27 heavy (non-hydrogen) atoms. The van der Waals surface area contributed by atoms with Crippen molar-refractivity contribution < 1.29 is 9.18 Å². The molecular formula is C22H28FN3O. The fourth-order valence-corrected chi connectivity index (χ4v) is 3.32. The maximum absolute atomic E-state index is 14.0. The highest BCUT2D eigenvalue weighted by atomic mass is 19.1. The summed E-state index contributed by atoms with van der Waals surface area (Å²) in [5.41, 5.74) is 1.82. The van der Waals surface area contributed by atoms with Crippen LogP contribution in [-0.2, 0) is 11.3 Å². The second-order valence-electron chi connectivity index (χ2n) is 7.42. The molecule has 4 nitrogen and oxygen atoms in total. The number of rotatable bonds is 9. The standard InChI is InChI=1S/C22H28FN3O/c1-25(2)21(17-8-4-3-5-9-17)14-24-22(27)16-26(19-12-13-19)15-18-10-6-7-11-20(18)23/h3-11,19,21H,12-16H2,1-2H3,(H,24,27). The predicted octanol–water partition coefficient (Wildman–Crippen LogP) is 3.21. The molecule has 1 atom stereocenters. The van der Waals surface area contributed by atoms with Crippen LogP contribution in [0.25, 0.3) is 0 Å². The topological polar surface area (TPSA) is 35.6 Å². The number of carbonyl (C=O) groups excluding carboxylic acids is 1. The second-order valence-corrected chi connectivity index (χ2v) is 7.42. The van der Waals surface area contributed by atoms with Gasteiger partial charge in [-0.25, -0.2) is 4.39 Å². The highest BCUT2D eigenvalue weighted by Crippen LogP contribution is 2.28. The van der Waals surface area contributed by atoms with E-state index in [1.807, 2.05) is 38.4 Å². The molecule has 0 spiro atoms. The minimum Gasteiger partial charge on any atom is -0.353 e. The lowest BCUT2D eigenvalue weighted by molar-refractivity contribution is -0.122. The molecule has 0 aliphatic heterocycles. The summed E-state index contributed by atoms with van der Waals surface area (Å²) in [4.78, 5) is 16.7. The molecule has 0 saturated heterocycles. The molecule has 2 aromatic rings. The monoisotopic (exact) mass is 369 g/mol. The van der Waals surface area contributed by atoms with Gasteiger partial charge in [-0.15, -0.1) is 0 Å². The first-order valence-corrected chi connectivity index (χ1v) is 9.50. The fraction of sp³-hybridized carbons (Fsp3) is 0.409. The molecule has 1 fully saturated rings. The van der Waals surface area contributed by atoms with Crippen LogP contribution in [0.15, 0.2) is 54.6 Å². The number of hydrogen-bond acceptors (Lipinski definition) is 3. The van der Waals surface area contributed by atoms with E-state index in [2.05, 4.69) is 27.2 Å².